The number of nitrogens with two attached hydrogens (primary N) is 1. The Labute approximate surface area is 123 Å². The first kappa shape index (κ1) is 15.6. The Morgan fingerprint density at radius 1 is 1.00 bits per heavy atom. The van der Waals surface area contributed by atoms with E-state index in [1.165, 1.54) is 12.1 Å². The van der Waals surface area contributed by atoms with Crippen LogP contribution >= 0.6 is 0 Å². The number of alkyl halides is 3. The monoisotopic (exact) mass is 309 g/mol. The van der Waals surface area contributed by atoms with Gasteiger partial charge in [-0.1, -0.05) is 18.2 Å². The highest BCUT2D eigenvalue weighted by Crippen LogP contribution is 2.33. The van der Waals surface area contributed by atoms with Crippen molar-refractivity contribution in [3.8, 4) is 5.75 Å². The summed E-state index contributed by atoms with van der Waals surface area (Å²) in [6.45, 7) is 0. The summed E-state index contributed by atoms with van der Waals surface area (Å²) < 4.78 is 43.0. The lowest BCUT2D eigenvalue weighted by Gasteiger charge is -2.12. The van der Waals surface area contributed by atoms with Gasteiger partial charge in [-0.2, -0.15) is 13.2 Å². The summed E-state index contributed by atoms with van der Waals surface area (Å²) in [6.07, 6.45) is -4.63. The van der Waals surface area contributed by atoms with Crippen LogP contribution in [-0.4, -0.2) is 11.9 Å². The lowest BCUT2D eigenvalue weighted by atomic mass is 10.1. The molecule has 0 saturated carbocycles. The van der Waals surface area contributed by atoms with Gasteiger partial charge in [0.25, 0.3) is 5.91 Å². The molecule has 114 valence electrons. The summed E-state index contributed by atoms with van der Waals surface area (Å²) in [5, 5.41) is 0. The second-order valence-electron chi connectivity index (χ2n) is 4.33. The molecule has 7 heteroatoms. The Balaban J connectivity index is 2.39. The van der Waals surface area contributed by atoms with Crippen molar-refractivity contribution in [3.63, 3.8) is 0 Å². The predicted octanol–water partition coefficient (Wildman–Crippen LogP) is 3.02. The summed E-state index contributed by atoms with van der Waals surface area (Å²) in [7, 11) is 0. The van der Waals surface area contributed by atoms with Gasteiger partial charge in [0.2, 0.25) is 0 Å². The molecule has 0 heterocycles. The van der Waals surface area contributed by atoms with Gasteiger partial charge in [-0.3, -0.25) is 4.79 Å². The molecule has 0 fully saturated rings. The van der Waals surface area contributed by atoms with Crippen LogP contribution in [0.3, 0.4) is 0 Å². The fourth-order valence-electron chi connectivity index (χ4n) is 1.72. The molecule has 0 spiro atoms. The number of amides is 1. The van der Waals surface area contributed by atoms with Gasteiger partial charge >= 0.3 is 12.1 Å². The number of primary amides is 1. The molecule has 2 aromatic rings. The maximum Gasteiger partial charge on any atom is 0.416 e. The molecule has 0 aliphatic heterocycles. The van der Waals surface area contributed by atoms with E-state index in [0.717, 1.165) is 6.07 Å². The van der Waals surface area contributed by atoms with Gasteiger partial charge < -0.3 is 10.5 Å². The van der Waals surface area contributed by atoms with E-state index in [2.05, 4.69) is 0 Å². The van der Waals surface area contributed by atoms with Gasteiger partial charge in [-0.15, -0.1) is 0 Å². The molecule has 1 amide bonds. The number of hydrogen-bond acceptors (Lipinski definition) is 3. The number of halogens is 3. The van der Waals surface area contributed by atoms with Crippen LogP contribution in [0, 0.1) is 0 Å². The molecule has 4 nitrogen and oxygen atoms in total. The lowest BCUT2D eigenvalue weighted by molar-refractivity contribution is -0.137. The van der Waals surface area contributed by atoms with E-state index >= 15 is 0 Å². The van der Waals surface area contributed by atoms with E-state index in [1.807, 2.05) is 0 Å². The maximum atomic E-state index is 12.7. The number of esters is 1. The van der Waals surface area contributed by atoms with Crippen molar-refractivity contribution in [2.45, 2.75) is 6.18 Å². The second-order valence-corrected chi connectivity index (χ2v) is 4.33. The number of carbonyl (C=O) groups excluding carboxylic acids is 2. The topological polar surface area (TPSA) is 69.4 Å². The van der Waals surface area contributed by atoms with Crippen LogP contribution in [0.15, 0.2) is 48.5 Å². The van der Waals surface area contributed by atoms with Crippen molar-refractivity contribution in [2.75, 3.05) is 0 Å². The Hall–Kier alpha value is -2.83. The van der Waals surface area contributed by atoms with Crippen molar-refractivity contribution >= 4 is 11.9 Å². The quantitative estimate of drug-likeness (QED) is 0.700. The average Bonchev–Trinajstić information content (AvgIpc) is 2.47. The van der Waals surface area contributed by atoms with Gasteiger partial charge in [-0.05, 0) is 30.3 Å². The molecule has 0 aliphatic rings. The normalized spacial score (nSPS) is 11.0. The molecule has 0 atom stereocenters. The van der Waals surface area contributed by atoms with Gasteiger partial charge in [-0.25, -0.2) is 4.79 Å². The predicted molar refractivity (Wildman–Crippen MR) is 71.4 cm³/mol. The Kier molecular flexibility index (Phi) is 4.16. The molecule has 2 N–H and O–H groups in total. The summed E-state index contributed by atoms with van der Waals surface area (Å²) in [5.41, 5.74) is 3.86. The summed E-state index contributed by atoms with van der Waals surface area (Å²) in [6, 6.07) is 9.80. The van der Waals surface area contributed by atoms with Crippen LogP contribution in [0.25, 0.3) is 0 Å². The highest BCUT2D eigenvalue weighted by atomic mass is 19.4. The Morgan fingerprint density at radius 2 is 1.64 bits per heavy atom. The minimum absolute atomic E-state index is 0.135. The maximum absolute atomic E-state index is 12.7. The van der Waals surface area contributed by atoms with E-state index in [4.69, 9.17) is 10.5 Å². The van der Waals surface area contributed by atoms with Crippen LogP contribution in [0.5, 0.6) is 5.75 Å². The molecule has 0 saturated heterocycles. The standard InChI is InChI=1S/C15H10F3NO3/c16-15(17,18)10-6-7-11(13(19)20)12(8-10)22-14(21)9-4-2-1-3-5-9/h1-8H,(H2,19,20). The van der Waals surface area contributed by atoms with Gasteiger partial charge in [0.05, 0.1) is 16.7 Å². The highest BCUT2D eigenvalue weighted by Gasteiger charge is 2.32. The minimum atomic E-state index is -4.63. The van der Waals surface area contributed by atoms with Crippen LogP contribution < -0.4 is 10.5 Å². The number of rotatable bonds is 3. The van der Waals surface area contributed by atoms with E-state index < -0.39 is 29.4 Å². The SMILES string of the molecule is NC(=O)c1ccc(C(F)(F)F)cc1OC(=O)c1ccccc1. The molecule has 22 heavy (non-hydrogen) atoms. The lowest BCUT2D eigenvalue weighted by Crippen LogP contribution is -2.17. The first-order valence-corrected chi connectivity index (χ1v) is 6.07. The smallest absolute Gasteiger partial charge is 0.416 e. The average molecular weight is 309 g/mol. The van der Waals surface area contributed by atoms with Crippen LogP contribution in [0.1, 0.15) is 26.3 Å². The van der Waals surface area contributed by atoms with Crippen LogP contribution in [0.4, 0.5) is 13.2 Å². The fourth-order valence-corrected chi connectivity index (χ4v) is 1.72. The molecular formula is C15H10F3NO3. The molecule has 0 unspecified atom stereocenters. The summed E-state index contributed by atoms with van der Waals surface area (Å²) in [4.78, 5) is 23.1. The van der Waals surface area contributed by atoms with Crippen molar-refractivity contribution in [2.24, 2.45) is 5.73 Å². The number of benzene rings is 2. The van der Waals surface area contributed by atoms with Crippen LogP contribution in [-0.2, 0) is 6.18 Å². The molecular weight excluding hydrogens is 299 g/mol. The van der Waals surface area contributed by atoms with E-state index in [-0.39, 0.29) is 11.1 Å². The molecule has 2 aromatic carbocycles. The molecule has 2 rings (SSSR count). The number of ether oxygens (including phenoxy) is 1. The highest BCUT2D eigenvalue weighted by molar-refractivity contribution is 5.98. The van der Waals surface area contributed by atoms with Gasteiger partial charge in [0.15, 0.2) is 0 Å². The summed E-state index contributed by atoms with van der Waals surface area (Å²) in [5.74, 6) is -2.41. The Morgan fingerprint density at radius 3 is 2.18 bits per heavy atom. The largest absolute Gasteiger partial charge is 0.422 e. The van der Waals surface area contributed by atoms with E-state index in [9.17, 15) is 22.8 Å². The number of hydrogen-bond donors (Lipinski definition) is 1. The minimum Gasteiger partial charge on any atom is -0.422 e. The van der Waals surface area contributed by atoms with E-state index in [0.29, 0.717) is 12.1 Å². The zero-order valence-corrected chi connectivity index (χ0v) is 11.1. The van der Waals surface area contributed by atoms with Gasteiger partial charge in [0, 0.05) is 0 Å². The van der Waals surface area contributed by atoms with Crippen molar-refractivity contribution in [3.05, 3.63) is 65.2 Å². The molecule has 0 aliphatic carbocycles. The molecule has 0 radical (unpaired) electrons. The third-order valence-electron chi connectivity index (χ3n) is 2.79. The fraction of sp³-hybridized carbons (Fsp3) is 0.0667. The number of carbonyl (C=O) groups is 2. The third-order valence-corrected chi connectivity index (χ3v) is 2.79. The van der Waals surface area contributed by atoms with E-state index in [1.54, 1.807) is 18.2 Å². The molecule has 0 aromatic heterocycles. The summed E-state index contributed by atoms with van der Waals surface area (Å²) >= 11 is 0. The first-order chi connectivity index (χ1) is 10.3. The van der Waals surface area contributed by atoms with Crippen molar-refractivity contribution in [1.82, 2.24) is 0 Å². The Bertz CT molecular complexity index is 712. The third kappa shape index (κ3) is 3.43. The zero-order valence-electron chi connectivity index (χ0n) is 11.1. The van der Waals surface area contributed by atoms with Crippen molar-refractivity contribution in [1.29, 1.82) is 0 Å². The van der Waals surface area contributed by atoms with Crippen LogP contribution in [0.2, 0.25) is 0 Å². The first-order valence-electron chi connectivity index (χ1n) is 6.07. The zero-order chi connectivity index (χ0) is 16.3. The molecule has 0 bridgehead atoms. The second kappa shape index (κ2) is 5.88. The van der Waals surface area contributed by atoms with Gasteiger partial charge in [0.1, 0.15) is 5.75 Å². The van der Waals surface area contributed by atoms with Crippen molar-refractivity contribution < 1.29 is 27.5 Å².